The minimum absolute atomic E-state index is 0.249. The Morgan fingerprint density at radius 2 is 1.74 bits per heavy atom. The Balaban J connectivity index is 2.03. The van der Waals surface area contributed by atoms with Crippen LogP contribution in [-0.2, 0) is 11.2 Å². The van der Waals surface area contributed by atoms with Crippen molar-refractivity contribution < 1.29 is 0 Å². The van der Waals surface area contributed by atoms with E-state index in [1.807, 2.05) is 0 Å². The third-order valence-electron chi connectivity index (χ3n) is 4.03. The minimum Gasteiger partial charge on any atom is -0.316 e. The third kappa shape index (κ3) is 3.76. The zero-order valence-corrected chi connectivity index (χ0v) is 13.8. The van der Waals surface area contributed by atoms with Crippen LogP contribution in [0.1, 0.15) is 43.0 Å². The van der Waals surface area contributed by atoms with Crippen LogP contribution in [0.15, 0.2) is 12.1 Å². The van der Waals surface area contributed by atoms with E-state index in [2.05, 4.69) is 63.8 Å². The van der Waals surface area contributed by atoms with Gasteiger partial charge in [-0.2, -0.15) is 11.8 Å². The van der Waals surface area contributed by atoms with Crippen LogP contribution in [-0.4, -0.2) is 18.8 Å². The SMILES string of the molecule is Cc1cc(C(C)(C)C)cc(C)c1CSCC1CNC1. The summed E-state index contributed by atoms with van der Waals surface area (Å²) in [5.74, 6) is 3.37. The molecule has 0 aliphatic carbocycles. The van der Waals surface area contributed by atoms with Gasteiger partial charge in [0.25, 0.3) is 0 Å². The van der Waals surface area contributed by atoms with Gasteiger partial charge < -0.3 is 5.32 Å². The van der Waals surface area contributed by atoms with Crippen molar-refractivity contribution >= 4 is 11.8 Å². The van der Waals surface area contributed by atoms with Gasteiger partial charge in [0.05, 0.1) is 0 Å². The largest absolute Gasteiger partial charge is 0.316 e. The summed E-state index contributed by atoms with van der Waals surface area (Å²) in [6, 6.07) is 4.77. The van der Waals surface area contributed by atoms with E-state index in [-0.39, 0.29) is 5.41 Å². The van der Waals surface area contributed by atoms with Gasteiger partial charge in [-0.1, -0.05) is 32.9 Å². The van der Waals surface area contributed by atoms with E-state index in [0.29, 0.717) is 0 Å². The van der Waals surface area contributed by atoms with Crippen LogP contribution in [0.3, 0.4) is 0 Å². The maximum atomic E-state index is 3.34. The van der Waals surface area contributed by atoms with E-state index >= 15 is 0 Å². The Morgan fingerprint density at radius 1 is 1.16 bits per heavy atom. The first-order chi connectivity index (χ1) is 8.88. The summed E-state index contributed by atoms with van der Waals surface area (Å²) >= 11 is 2.09. The fraction of sp³-hybridized carbons (Fsp3) is 0.647. The average Bonchev–Trinajstić information content (AvgIpc) is 2.23. The summed E-state index contributed by atoms with van der Waals surface area (Å²) in [5.41, 5.74) is 6.18. The number of thioether (sulfide) groups is 1. The van der Waals surface area contributed by atoms with Crippen LogP contribution in [0, 0.1) is 19.8 Å². The summed E-state index contributed by atoms with van der Waals surface area (Å²) in [7, 11) is 0. The lowest BCUT2D eigenvalue weighted by Gasteiger charge is -2.27. The van der Waals surface area contributed by atoms with Crippen molar-refractivity contribution in [2.45, 2.75) is 45.8 Å². The highest BCUT2D eigenvalue weighted by atomic mass is 32.2. The number of benzene rings is 1. The number of rotatable bonds is 4. The fourth-order valence-corrected chi connectivity index (χ4v) is 3.79. The molecule has 1 saturated heterocycles. The van der Waals surface area contributed by atoms with Crippen molar-refractivity contribution in [3.63, 3.8) is 0 Å². The molecule has 1 aliphatic heterocycles. The molecule has 0 unspecified atom stereocenters. The average molecular weight is 277 g/mol. The van der Waals surface area contributed by atoms with Gasteiger partial charge in [0.2, 0.25) is 0 Å². The van der Waals surface area contributed by atoms with Crippen LogP contribution in [0.5, 0.6) is 0 Å². The number of hydrogen-bond acceptors (Lipinski definition) is 2. The topological polar surface area (TPSA) is 12.0 Å². The molecule has 0 aromatic heterocycles. The first-order valence-corrected chi connectivity index (χ1v) is 8.42. The number of nitrogens with one attached hydrogen (secondary N) is 1. The zero-order chi connectivity index (χ0) is 14.0. The second-order valence-electron chi connectivity index (χ2n) is 6.88. The van der Waals surface area contributed by atoms with E-state index in [4.69, 9.17) is 0 Å². The molecule has 2 heteroatoms. The summed E-state index contributed by atoms with van der Waals surface area (Å²) in [5, 5.41) is 3.34. The van der Waals surface area contributed by atoms with E-state index in [1.54, 1.807) is 5.56 Å². The molecule has 0 atom stereocenters. The van der Waals surface area contributed by atoms with Gasteiger partial charge in [0.15, 0.2) is 0 Å². The van der Waals surface area contributed by atoms with Crippen molar-refractivity contribution in [3.8, 4) is 0 Å². The van der Waals surface area contributed by atoms with E-state index in [1.165, 1.54) is 41.3 Å². The van der Waals surface area contributed by atoms with Gasteiger partial charge in [0.1, 0.15) is 0 Å². The van der Waals surface area contributed by atoms with E-state index in [9.17, 15) is 0 Å². The highest BCUT2D eigenvalue weighted by Gasteiger charge is 2.18. The Kier molecular flexibility index (Phi) is 4.62. The van der Waals surface area contributed by atoms with E-state index < -0.39 is 0 Å². The molecule has 19 heavy (non-hydrogen) atoms. The first kappa shape index (κ1) is 14.9. The molecule has 1 fully saturated rings. The summed E-state index contributed by atoms with van der Waals surface area (Å²) in [6.45, 7) is 13.8. The van der Waals surface area contributed by atoms with Crippen LogP contribution >= 0.6 is 11.8 Å². The molecular weight excluding hydrogens is 250 g/mol. The van der Waals surface area contributed by atoms with Crippen molar-refractivity contribution in [1.82, 2.24) is 5.32 Å². The van der Waals surface area contributed by atoms with Crippen LogP contribution in [0.4, 0.5) is 0 Å². The Labute approximate surface area is 122 Å². The molecule has 0 amide bonds. The maximum Gasteiger partial charge on any atom is 0.0189 e. The third-order valence-corrected chi connectivity index (χ3v) is 5.23. The lowest BCUT2D eigenvalue weighted by Crippen LogP contribution is -2.43. The summed E-state index contributed by atoms with van der Waals surface area (Å²) < 4.78 is 0. The molecule has 2 rings (SSSR count). The monoisotopic (exact) mass is 277 g/mol. The maximum absolute atomic E-state index is 3.34. The molecule has 1 heterocycles. The van der Waals surface area contributed by atoms with Crippen LogP contribution in [0.2, 0.25) is 0 Å². The molecule has 0 radical (unpaired) electrons. The van der Waals surface area contributed by atoms with Gasteiger partial charge >= 0.3 is 0 Å². The first-order valence-electron chi connectivity index (χ1n) is 7.27. The highest BCUT2D eigenvalue weighted by Crippen LogP contribution is 2.29. The summed E-state index contributed by atoms with van der Waals surface area (Å²) in [6.07, 6.45) is 0. The molecule has 1 aromatic rings. The number of hydrogen-bond donors (Lipinski definition) is 1. The predicted octanol–water partition coefficient (Wildman–Crippen LogP) is 4.05. The van der Waals surface area contributed by atoms with Crippen LogP contribution < -0.4 is 5.32 Å². The molecule has 0 spiro atoms. The second-order valence-corrected chi connectivity index (χ2v) is 7.91. The molecule has 0 saturated carbocycles. The van der Waals surface area contributed by atoms with Crippen molar-refractivity contribution in [2.75, 3.05) is 18.8 Å². The summed E-state index contributed by atoms with van der Waals surface area (Å²) in [4.78, 5) is 0. The van der Waals surface area contributed by atoms with Crippen molar-refractivity contribution in [2.24, 2.45) is 5.92 Å². The fourth-order valence-electron chi connectivity index (χ4n) is 2.45. The normalized spacial score (nSPS) is 16.5. The Bertz CT molecular complexity index is 418. The lowest BCUT2D eigenvalue weighted by molar-refractivity contribution is 0.385. The molecule has 106 valence electrons. The molecule has 1 aromatic carbocycles. The van der Waals surface area contributed by atoms with Gasteiger partial charge in [0, 0.05) is 5.75 Å². The highest BCUT2D eigenvalue weighted by molar-refractivity contribution is 7.98. The smallest absolute Gasteiger partial charge is 0.0189 e. The van der Waals surface area contributed by atoms with Crippen molar-refractivity contribution in [1.29, 1.82) is 0 Å². The number of aryl methyl sites for hydroxylation is 2. The molecule has 1 aliphatic rings. The minimum atomic E-state index is 0.249. The van der Waals surface area contributed by atoms with Crippen LogP contribution in [0.25, 0.3) is 0 Å². The standard InChI is InChI=1S/C17H27NS/c1-12-6-15(17(3,4)5)7-13(2)16(12)11-19-10-14-8-18-9-14/h6-7,14,18H,8-11H2,1-5H3. The lowest BCUT2D eigenvalue weighted by atomic mass is 9.84. The Hall–Kier alpha value is -0.470. The molecule has 1 N–H and O–H groups in total. The molecule has 1 nitrogen and oxygen atoms in total. The predicted molar refractivity (Wildman–Crippen MR) is 87.1 cm³/mol. The van der Waals surface area contributed by atoms with Crippen molar-refractivity contribution in [3.05, 3.63) is 34.4 Å². The quantitative estimate of drug-likeness (QED) is 0.891. The molecule has 0 bridgehead atoms. The Morgan fingerprint density at radius 3 is 2.16 bits per heavy atom. The van der Waals surface area contributed by atoms with Gasteiger partial charge in [-0.3, -0.25) is 0 Å². The van der Waals surface area contributed by atoms with Gasteiger partial charge in [-0.25, -0.2) is 0 Å². The molecular formula is C17H27NS. The second kappa shape index (κ2) is 5.88. The van der Waals surface area contributed by atoms with Gasteiger partial charge in [-0.15, -0.1) is 0 Å². The van der Waals surface area contributed by atoms with E-state index in [0.717, 1.165) is 5.92 Å². The van der Waals surface area contributed by atoms with Gasteiger partial charge in [-0.05, 0) is 66.3 Å². The zero-order valence-electron chi connectivity index (χ0n) is 13.0.